The Balaban J connectivity index is 1.72. The zero-order valence-electron chi connectivity index (χ0n) is 15.2. The summed E-state index contributed by atoms with van der Waals surface area (Å²) in [4.78, 5) is 4.01. The molecule has 1 aromatic carbocycles. The average Bonchev–Trinajstić information content (AvgIpc) is 3.08. The largest absolute Gasteiger partial charge is 0.491 e. The molecule has 2 N–H and O–H groups in total. The number of aliphatic hydroxyl groups is 1. The van der Waals surface area contributed by atoms with Crippen molar-refractivity contribution in [2.45, 2.75) is 45.8 Å². The van der Waals surface area contributed by atoms with Crippen LogP contribution >= 0.6 is 11.6 Å². The molecule has 2 aromatic rings. The average molecular weight is 366 g/mol. The van der Waals surface area contributed by atoms with Crippen molar-refractivity contribution in [1.82, 2.24) is 14.9 Å². The van der Waals surface area contributed by atoms with E-state index >= 15 is 0 Å². The van der Waals surface area contributed by atoms with Crippen LogP contribution < -0.4 is 10.1 Å². The minimum atomic E-state index is -0.552. The maximum Gasteiger partial charge on any atom is 0.123 e. The first kappa shape index (κ1) is 19.8. The monoisotopic (exact) mass is 365 g/mol. The predicted molar refractivity (Wildman–Crippen MR) is 101 cm³/mol. The molecule has 1 atom stereocenters. The first-order chi connectivity index (χ1) is 12.0. The topological polar surface area (TPSA) is 59.3 Å². The van der Waals surface area contributed by atoms with E-state index in [0.717, 1.165) is 41.4 Å². The van der Waals surface area contributed by atoms with Gasteiger partial charge < -0.3 is 19.7 Å². The van der Waals surface area contributed by atoms with E-state index < -0.39 is 6.10 Å². The van der Waals surface area contributed by atoms with Gasteiger partial charge in [-0.1, -0.05) is 25.4 Å². The summed E-state index contributed by atoms with van der Waals surface area (Å²) in [5, 5.41) is 14.1. The molecule has 2 rings (SSSR count). The minimum absolute atomic E-state index is 0.259. The van der Waals surface area contributed by atoms with Crippen LogP contribution in [0.3, 0.4) is 0 Å². The Bertz CT molecular complexity index is 644. The zero-order valence-corrected chi connectivity index (χ0v) is 16.0. The first-order valence-corrected chi connectivity index (χ1v) is 9.12. The number of aliphatic hydroxyl groups excluding tert-OH is 1. The van der Waals surface area contributed by atoms with Gasteiger partial charge in [0.25, 0.3) is 0 Å². The Morgan fingerprint density at radius 3 is 2.84 bits per heavy atom. The molecule has 0 aliphatic heterocycles. The fraction of sp³-hybridized carbons (Fsp3) is 0.526. The Hall–Kier alpha value is -1.56. The van der Waals surface area contributed by atoms with Gasteiger partial charge in [-0.25, -0.2) is 4.98 Å². The van der Waals surface area contributed by atoms with Crippen LogP contribution in [-0.2, 0) is 6.54 Å². The number of halogens is 1. The molecule has 1 heterocycles. The number of nitrogens with zero attached hydrogens (tertiary/aromatic N) is 2. The molecule has 1 aromatic heterocycles. The number of benzene rings is 1. The van der Waals surface area contributed by atoms with Gasteiger partial charge in [0.05, 0.1) is 6.33 Å². The molecule has 0 spiro atoms. The van der Waals surface area contributed by atoms with Crippen LogP contribution in [0.2, 0.25) is 5.02 Å². The molecular weight excluding hydrogens is 338 g/mol. The van der Waals surface area contributed by atoms with Crippen LogP contribution in [0.25, 0.3) is 0 Å². The van der Waals surface area contributed by atoms with E-state index in [0.29, 0.717) is 12.5 Å². The molecule has 0 saturated carbocycles. The maximum absolute atomic E-state index is 10.1. The summed E-state index contributed by atoms with van der Waals surface area (Å²) in [5.41, 5.74) is 2.05. The van der Waals surface area contributed by atoms with E-state index in [1.807, 2.05) is 36.1 Å². The number of rotatable bonds is 10. The fourth-order valence-corrected chi connectivity index (χ4v) is 2.74. The van der Waals surface area contributed by atoms with Crippen LogP contribution in [0.5, 0.6) is 5.75 Å². The highest BCUT2D eigenvalue weighted by Gasteiger charge is 2.13. The van der Waals surface area contributed by atoms with Gasteiger partial charge in [0.15, 0.2) is 0 Å². The lowest BCUT2D eigenvalue weighted by Crippen LogP contribution is -2.32. The second kappa shape index (κ2) is 9.80. The highest BCUT2D eigenvalue weighted by molar-refractivity contribution is 6.31. The van der Waals surface area contributed by atoms with Gasteiger partial charge in [-0.05, 0) is 49.1 Å². The summed E-state index contributed by atoms with van der Waals surface area (Å²) < 4.78 is 7.89. The van der Waals surface area contributed by atoms with E-state index in [2.05, 4.69) is 24.1 Å². The van der Waals surface area contributed by atoms with Gasteiger partial charge in [0.1, 0.15) is 18.5 Å². The lowest BCUT2D eigenvalue weighted by Gasteiger charge is -2.18. The zero-order chi connectivity index (χ0) is 18.2. The smallest absolute Gasteiger partial charge is 0.123 e. The summed E-state index contributed by atoms with van der Waals surface area (Å²) >= 11 is 6.21. The Morgan fingerprint density at radius 2 is 2.16 bits per heavy atom. The van der Waals surface area contributed by atoms with Crippen LogP contribution in [0.15, 0.2) is 30.9 Å². The molecule has 0 fully saturated rings. The second-order valence-corrected chi connectivity index (χ2v) is 7.02. The molecule has 0 bridgehead atoms. The van der Waals surface area contributed by atoms with Crippen molar-refractivity contribution >= 4 is 11.6 Å². The molecule has 25 heavy (non-hydrogen) atoms. The number of ether oxygens (including phenoxy) is 1. The summed E-state index contributed by atoms with van der Waals surface area (Å²) in [6, 6.07) is 3.90. The minimum Gasteiger partial charge on any atom is -0.491 e. The van der Waals surface area contributed by atoms with Crippen molar-refractivity contribution in [1.29, 1.82) is 0 Å². The third-order valence-electron chi connectivity index (χ3n) is 4.05. The molecule has 6 heteroatoms. The SMILES string of the molecule is Cc1cc(OC[C@@H](O)CNCCCn2ccnc2)c(C(C)C)cc1Cl. The van der Waals surface area contributed by atoms with Crippen molar-refractivity contribution in [3.05, 3.63) is 47.0 Å². The van der Waals surface area contributed by atoms with Crippen LogP contribution in [0.1, 0.15) is 37.3 Å². The number of nitrogens with one attached hydrogen (secondary N) is 1. The molecule has 0 saturated heterocycles. The van der Waals surface area contributed by atoms with Gasteiger partial charge in [0, 0.05) is 30.5 Å². The molecule has 138 valence electrons. The van der Waals surface area contributed by atoms with Crippen molar-refractivity contribution in [2.24, 2.45) is 0 Å². The highest BCUT2D eigenvalue weighted by Crippen LogP contribution is 2.32. The molecule has 0 unspecified atom stereocenters. The number of hydrogen-bond acceptors (Lipinski definition) is 4. The fourth-order valence-electron chi connectivity index (χ4n) is 2.57. The lowest BCUT2D eigenvalue weighted by atomic mass is 10.0. The second-order valence-electron chi connectivity index (χ2n) is 6.62. The first-order valence-electron chi connectivity index (χ1n) is 8.74. The summed E-state index contributed by atoms with van der Waals surface area (Å²) in [5.74, 6) is 1.11. The Morgan fingerprint density at radius 1 is 1.36 bits per heavy atom. The third-order valence-corrected chi connectivity index (χ3v) is 4.46. The summed E-state index contributed by atoms with van der Waals surface area (Å²) in [7, 11) is 0. The van der Waals surface area contributed by atoms with Gasteiger partial charge in [-0.3, -0.25) is 0 Å². The van der Waals surface area contributed by atoms with Gasteiger partial charge in [-0.15, -0.1) is 0 Å². The number of aryl methyl sites for hydroxylation is 2. The molecule has 5 nitrogen and oxygen atoms in total. The molecular formula is C19H28ClN3O2. The Labute approximate surface area is 155 Å². The number of hydrogen-bond donors (Lipinski definition) is 2. The van der Waals surface area contributed by atoms with Gasteiger partial charge in [0.2, 0.25) is 0 Å². The summed E-state index contributed by atoms with van der Waals surface area (Å²) in [6.07, 6.45) is 5.96. The summed E-state index contributed by atoms with van der Waals surface area (Å²) in [6.45, 7) is 8.69. The van der Waals surface area contributed by atoms with Gasteiger partial charge >= 0.3 is 0 Å². The van der Waals surface area contributed by atoms with Gasteiger partial charge in [-0.2, -0.15) is 0 Å². The molecule has 0 aliphatic carbocycles. The third kappa shape index (κ3) is 6.34. The van der Waals surface area contributed by atoms with E-state index in [1.165, 1.54) is 0 Å². The van der Waals surface area contributed by atoms with Crippen molar-refractivity contribution in [3.8, 4) is 5.75 Å². The standard InChI is InChI=1S/C19H28ClN3O2/c1-14(2)17-10-18(20)15(3)9-19(17)25-12-16(24)11-21-5-4-7-23-8-6-22-13-23/h6,8-10,13-14,16,21,24H,4-5,7,11-12H2,1-3H3/t16-/m0/s1. The number of aromatic nitrogens is 2. The van der Waals surface area contributed by atoms with E-state index in [4.69, 9.17) is 16.3 Å². The number of imidazole rings is 1. The predicted octanol–water partition coefficient (Wildman–Crippen LogP) is 3.39. The van der Waals surface area contributed by atoms with Crippen LogP contribution in [0, 0.1) is 6.92 Å². The van der Waals surface area contributed by atoms with E-state index in [1.54, 1.807) is 6.20 Å². The van der Waals surface area contributed by atoms with Crippen molar-refractivity contribution in [3.63, 3.8) is 0 Å². The quantitative estimate of drug-likeness (QED) is 0.633. The van der Waals surface area contributed by atoms with Crippen molar-refractivity contribution < 1.29 is 9.84 Å². The normalized spacial score (nSPS) is 12.6. The lowest BCUT2D eigenvalue weighted by molar-refractivity contribution is 0.106. The van der Waals surface area contributed by atoms with Crippen LogP contribution in [-0.4, -0.2) is 40.5 Å². The highest BCUT2D eigenvalue weighted by atomic mass is 35.5. The Kier molecular flexibility index (Phi) is 7.75. The molecule has 0 aliphatic rings. The maximum atomic E-state index is 10.1. The van der Waals surface area contributed by atoms with Crippen molar-refractivity contribution in [2.75, 3.05) is 19.7 Å². The molecule has 0 amide bonds. The van der Waals surface area contributed by atoms with E-state index in [-0.39, 0.29) is 6.61 Å². The van der Waals surface area contributed by atoms with E-state index in [9.17, 15) is 5.11 Å². The van der Waals surface area contributed by atoms with Crippen LogP contribution in [0.4, 0.5) is 0 Å². The molecule has 0 radical (unpaired) electrons.